The molecule has 2 heterocycles. The number of nitrogens with one attached hydrogen (secondary N) is 1. The minimum absolute atomic E-state index is 0.236. The molecule has 3 aromatic rings. The monoisotopic (exact) mass is 422 g/mol. The highest BCUT2D eigenvalue weighted by atomic mass is 16.5. The summed E-state index contributed by atoms with van der Waals surface area (Å²) in [6, 6.07) is 14.1. The first kappa shape index (κ1) is 21.0. The molecule has 0 aliphatic carbocycles. The maximum atomic E-state index is 13.0. The number of amides is 1. The third-order valence-corrected chi connectivity index (χ3v) is 6.09. The summed E-state index contributed by atoms with van der Waals surface area (Å²) < 4.78 is 12.0. The van der Waals surface area contributed by atoms with Crippen molar-refractivity contribution in [2.75, 3.05) is 26.9 Å². The Hall–Kier alpha value is -3.26. The van der Waals surface area contributed by atoms with Crippen molar-refractivity contribution < 1.29 is 14.3 Å². The molecule has 162 valence electrons. The van der Waals surface area contributed by atoms with E-state index >= 15 is 0 Å². The molecular weight excluding hydrogens is 396 g/mol. The summed E-state index contributed by atoms with van der Waals surface area (Å²) in [7, 11) is 1.64. The maximum Gasteiger partial charge on any atom is 0.278 e. The van der Waals surface area contributed by atoms with Gasteiger partial charge < -0.3 is 14.8 Å². The fraction of sp³-hybridized carbons (Fsp3) is 0.391. The summed E-state index contributed by atoms with van der Waals surface area (Å²) in [6.45, 7) is 3.37. The lowest BCUT2D eigenvalue weighted by atomic mass is 9.74. The van der Waals surface area contributed by atoms with E-state index in [1.165, 1.54) is 0 Å². The molecule has 0 bridgehead atoms. The van der Waals surface area contributed by atoms with Crippen molar-refractivity contribution in [2.24, 2.45) is 0 Å². The number of methoxy groups -OCH3 is 1. The molecule has 31 heavy (non-hydrogen) atoms. The molecule has 0 saturated carbocycles. The Morgan fingerprint density at radius 2 is 1.90 bits per heavy atom. The van der Waals surface area contributed by atoms with Crippen molar-refractivity contribution in [1.82, 2.24) is 20.3 Å². The predicted octanol–water partition coefficient (Wildman–Crippen LogP) is 2.23. The first-order chi connectivity index (χ1) is 15.0. The van der Waals surface area contributed by atoms with Gasteiger partial charge in [-0.15, -0.1) is 5.10 Å². The van der Waals surface area contributed by atoms with Crippen LogP contribution in [0.4, 0.5) is 0 Å². The second kappa shape index (κ2) is 8.85. The predicted molar refractivity (Wildman–Crippen MR) is 116 cm³/mol. The third-order valence-electron chi connectivity index (χ3n) is 6.09. The lowest BCUT2D eigenvalue weighted by Gasteiger charge is -2.38. The molecular formula is C23H26N4O4. The van der Waals surface area contributed by atoms with Crippen LogP contribution in [0.2, 0.25) is 0 Å². The standard InChI is InChI=1S/C23H26N4O4/c1-16(27-22(29)19-5-3-4-6-20(19)25-26-27)21(28)24-15-23(11-13-31-14-12-23)17-7-9-18(30-2)10-8-17/h3-10,16H,11-15H2,1-2H3,(H,24,28)/t16-/m0/s1. The first-order valence-corrected chi connectivity index (χ1v) is 10.4. The van der Waals surface area contributed by atoms with Crippen LogP contribution >= 0.6 is 0 Å². The highest BCUT2D eigenvalue weighted by molar-refractivity contribution is 5.81. The van der Waals surface area contributed by atoms with Crippen molar-refractivity contribution >= 4 is 16.8 Å². The molecule has 0 radical (unpaired) electrons. The van der Waals surface area contributed by atoms with Crippen LogP contribution in [0, 0.1) is 0 Å². The number of hydrogen-bond acceptors (Lipinski definition) is 6. The summed E-state index contributed by atoms with van der Waals surface area (Å²) in [6.07, 6.45) is 1.59. The second-order valence-electron chi connectivity index (χ2n) is 7.87. The van der Waals surface area contributed by atoms with Gasteiger partial charge in [0.2, 0.25) is 5.91 Å². The van der Waals surface area contributed by atoms with E-state index < -0.39 is 6.04 Å². The van der Waals surface area contributed by atoms with Crippen LogP contribution in [0.25, 0.3) is 10.9 Å². The number of fused-ring (bicyclic) bond motifs is 1. The van der Waals surface area contributed by atoms with Gasteiger partial charge in [-0.3, -0.25) is 9.59 Å². The Labute approximate surface area is 180 Å². The van der Waals surface area contributed by atoms with Gasteiger partial charge in [-0.1, -0.05) is 29.5 Å². The van der Waals surface area contributed by atoms with Crippen molar-refractivity contribution in [2.45, 2.75) is 31.2 Å². The van der Waals surface area contributed by atoms with E-state index in [9.17, 15) is 9.59 Å². The van der Waals surface area contributed by atoms with Gasteiger partial charge in [0.15, 0.2) is 0 Å². The summed E-state index contributed by atoms with van der Waals surface area (Å²) in [4.78, 5) is 25.7. The molecule has 1 fully saturated rings. The van der Waals surface area contributed by atoms with Gasteiger partial charge in [0, 0.05) is 25.2 Å². The Morgan fingerprint density at radius 3 is 2.61 bits per heavy atom. The van der Waals surface area contributed by atoms with E-state index in [0.29, 0.717) is 30.7 Å². The zero-order valence-corrected chi connectivity index (χ0v) is 17.7. The Balaban J connectivity index is 1.54. The summed E-state index contributed by atoms with van der Waals surface area (Å²) in [5.41, 5.74) is 1.08. The number of ether oxygens (including phenoxy) is 2. The zero-order chi connectivity index (χ0) is 21.8. The van der Waals surface area contributed by atoms with E-state index in [4.69, 9.17) is 9.47 Å². The summed E-state index contributed by atoms with van der Waals surface area (Å²) in [5, 5.41) is 11.5. The average Bonchev–Trinajstić information content (AvgIpc) is 2.83. The number of rotatable bonds is 6. The van der Waals surface area contributed by atoms with Gasteiger partial charge in [0.1, 0.15) is 17.3 Å². The molecule has 0 unspecified atom stereocenters. The quantitative estimate of drug-likeness (QED) is 0.655. The number of nitrogens with zero attached hydrogens (tertiary/aromatic N) is 3. The Morgan fingerprint density at radius 1 is 1.19 bits per heavy atom. The van der Waals surface area contributed by atoms with Crippen LogP contribution in [-0.2, 0) is 14.9 Å². The van der Waals surface area contributed by atoms with Gasteiger partial charge in [-0.25, -0.2) is 0 Å². The fourth-order valence-electron chi connectivity index (χ4n) is 4.04. The SMILES string of the molecule is COc1ccc(C2(CNC(=O)[C@H](C)n3nnc4ccccc4c3=O)CCOCC2)cc1. The number of benzene rings is 2. The lowest BCUT2D eigenvalue weighted by Crippen LogP contribution is -2.47. The van der Waals surface area contributed by atoms with Gasteiger partial charge in [0.05, 0.1) is 12.5 Å². The van der Waals surface area contributed by atoms with Crippen LogP contribution in [0.5, 0.6) is 5.75 Å². The zero-order valence-electron chi connectivity index (χ0n) is 17.7. The van der Waals surface area contributed by atoms with Crippen molar-refractivity contribution in [3.05, 3.63) is 64.4 Å². The summed E-state index contributed by atoms with van der Waals surface area (Å²) in [5.74, 6) is 0.518. The molecule has 4 rings (SSSR count). The van der Waals surface area contributed by atoms with Crippen molar-refractivity contribution in [3.8, 4) is 5.75 Å². The van der Waals surface area contributed by atoms with Crippen LogP contribution in [0.15, 0.2) is 53.3 Å². The third kappa shape index (κ3) is 4.16. The average molecular weight is 422 g/mol. The molecule has 1 aliphatic heterocycles. The molecule has 1 amide bonds. The largest absolute Gasteiger partial charge is 0.497 e. The molecule has 8 nitrogen and oxygen atoms in total. The van der Waals surface area contributed by atoms with Gasteiger partial charge in [-0.2, -0.15) is 4.68 Å². The van der Waals surface area contributed by atoms with Gasteiger partial charge in [0.25, 0.3) is 5.56 Å². The topological polar surface area (TPSA) is 95.3 Å². The second-order valence-corrected chi connectivity index (χ2v) is 7.87. The molecule has 1 aromatic heterocycles. The van der Waals surface area contributed by atoms with Crippen LogP contribution < -0.4 is 15.6 Å². The molecule has 1 saturated heterocycles. The highest BCUT2D eigenvalue weighted by Gasteiger charge is 2.35. The van der Waals surface area contributed by atoms with Crippen LogP contribution in [0.1, 0.15) is 31.4 Å². The van der Waals surface area contributed by atoms with E-state index in [0.717, 1.165) is 28.8 Å². The Bertz CT molecular complexity index is 1120. The summed E-state index contributed by atoms with van der Waals surface area (Å²) >= 11 is 0. The smallest absolute Gasteiger partial charge is 0.278 e. The molecule has 8 heteroatoms. The van der Waals surface area contributed by atoms with Crippen molar-refractivity contribution in [3.63, 3.8) is 0 Å². The molecule has 1 aliphatic rings. The van der Waals surface area contributed by atoms with Crippen LogP contribution in [0.3, 0.4) is 0 Å². The molecule has 0 spiro atoms. The normalized spacial score (nSPS) is 16.6. The van der Waals surface area contributed by atoms with E-state index in [-0.39, 0.29) is 16.9 Å². The number of carbonyl (C=O) groups excluding carboxylic acids is 1. The van der Waals surface area contributed by atoms with Crippen molar-refractivity contribution in [1.29, 1.82) is 0 Å². The number of aromatic nitrogens is 3. The minimum atomic E-state index is -0.780. The molecule has 2 aromatic carbocycles. The van der Waals surface area contributed by atoms with E-state index in [1.54, 1.807) is 38.3 Å². The van der Waals surface area contributed by atoms with E-state index in [2.05, 4.69) is 15.6 Å². The highest BCUT2D eigenvalue weighted by Crippen LogP contribution is 2.35. The van der Waals surface area contributed by atoms with E-state index in [1.807, 2.05) is 24.3 Å². The fourth-order valence-corrected chi connectivity index (χ4v) is 4.04. The molecule has 1 atom stereocenters. The Kier molecular flexibility index (Phi) is 5.99. The first-order valence-electron chi connectivity index (χ1n) is 10.4. The van der Waals surface area contributed by atoms with Crippen LogP contribution in [-0.4, -0.2) is 47.8 Å². The molecule has 1 N–H and O–H groups in total. The maximum absolute atomic E-state index is 13.0. The minimum Gasteiger partial charge on any atom is -0.497 e. The number of carbonyl (C=O) groups is 1. The number of hydrogen-bond donors (Lipinski definition) is 1. The lowest BCUT2D eigenvalue weighted by molar-refractivity contribution is -0.124. The van der Waals surface area contributed by atoms with Gasteiger partial charge >= 0.3 is 0 Å². The van der Waals surface area contributed by atoms with Gasteiger partial charge in [-0.05, 0) is 49.6 Å².